The van der Waals surface area contributed by atoms with Crippen molar-refractivity contribution < 1.29 is 4.79 Å². The summed E-state index contributed by atoms with van der Waals surface area (Å²) in [6.45, 7) is 0. The van der Waals surface area contributed by atoms with E-state index < -0.39 is 0 Å². The molecule has 0 radical (unpaired) electrons. The Morgan fingerprint density at radius 1 is 1.29 bits per heavy atom. The van der Waals surface area contributed by atoms with Gasteiger partial charge in [-0.1, -0.05) is 24.6 Å². The van der Waals surface area contributed by atoms with Gasteiger partial charge >= 0.3 is 0 Å². The van der Waals surface area contributed by atoms with E-state index in [2.05, 4.69) is 10.3 Å². The summed E-state index contributed by atoms with van der Waals surface area (Å²) in [5, 5.41) is 6.73. The molecule has 3 aromatic rings. The maximum atomic E-state index is 13.5. The number of thiophene rings is 1. The molecular formula is C19H20N4O2S3. The monoisotopic (exact) mass is 432 g/mol. The van der Waals surface area contributed by atoms with Crippen molar-refractivity contribution in [3.63, 3.8) is 0 Å². The van der Waals surface area contributed by atoms with Crippen molar-refractivity contribution in [2.75, 3.05) is 11.1 Å². The number of amides is 1. The van der Waals surface area contributed by atoms with Gasteiger partial charge < -0.3 is 5.32 Å². The molecule has 0 saturated heterocycles. The minimum atomic E-state index is -0.124. The molecule has 3 heterocycles. The third-order valence-electron chi connectivity index (χ3n) is 5.44. The van der Waals surface area contributed by atoms with Gasteiger partial charge in [0, 0.05) is 22.5 Å². The Labute approximate surface area is 174 Å². The number of thioether (sulfide) groups is 1. The van der Waals surface area contributed by atoms with E-state index in [1.807, 2.05) is 9.95 Å². The Morgan fingerprint density at radius 2 is 2.14 bits per heavy atom. The molecule has 0 bridgehead atoms. The van der Waals surface area contributed by atoms with Crippen LogP contribution < -0.4 is 10.9 Å². The molecule has 1 amide bonds. The fourth-order valence-corrected chi connectivity index (χ4v) is 6.91. The summed E-state index contributed by atoms with van der Waals surface area (Å²) in [5.41, 5.74) is 1.32. The lowest BCUT2D eigenvalue weighted by Crippen LogP contribution is -2.27. The van der Waals surface area contributed by atoms with E-state index in [9.17, 15) is 9.59 Å². The van der Waals surface area contributed by atoms with Gasteiger partial charge in [-0.2, -0.15) is 0 Å². The van der Waals surface area contributed by atoms with Crippen molar-refractivity contribution in [2.24, 2.45) is 0 Å². The van der Waals surface area contributed by atoms with Gasteiger partial charge in [0.25, 0.3) is 5.56 Å². The summed E-state index contributed by atoms with van der Waals surface area (Å²) in [7, 11) is 0. The van der Waals surface area contributed by atoms with Gasteiger partial charge in [0.15, 0.2) is 10.3 Å². The second-order valence-electron chi connectivity index (χ2n) is 7.22. The minimum Gasteiger partial charge on any atom is -0.301 e. The smallest absolute Gasteiger partial charge is 0.263 e. The van der Waals surface area contributed by atoms with E-state index in [1.165, 1.54) is 33.5 Å². The van der Waals surface area contributed by atoms with Gasteiger partial charge in [-0.25, -0.2) is 9.97 Å². The van der Waals surface area contributed by atoms with Crippen LogP contribution in [0.25, 0.3) is 10.2 Å². The van der Waals surface area contributed by atoms with Gasteiger partial charge in [-0.15, -0.1) is 22.7 Å². The first-order chi connectivity index (χ1) is 13.7. The fraction of sp³-hybridized carbons (Fsp3) is 0.474. The van der Waals surface area contributed by atoms with Crippen LogP contribution in [0.3, 0.4) is 0 Å². The summed E-state index contributed by atoms with van der Waals surface area (Å²) < 4.78 is 1.89. The van der Waals surface area contributed by atoms with Crippen molar-refractivity contribution >= 4 is 55.7 Å². The number of carbonyl (C=O) groups is 1. The summed E-state index contributed by atoms with van der Waals surface area (Å²) in [6.07, 6.45) is 9.15. The number of nitrogens with zero attached hydrogens (tertiary/aromatic N) is 3. The fourth-order valence-electron chi connectivity index (χ4n) is 4.19. The number of nitrogens with one attached hydrogen (secondary N) is 1. The highest BCUT2D eigenvalue weighted by molar-refractivity contribution is 7.99. The first-order valence-electron chi connectivity index (χ1n) is 9.59. The van der Waals surface area contributed by atoms with Gasteiger partial charge in [0.2, 0.25) is 5.91 Å². The lowest BCUT2D eigenvalue weighted by atomic mass is 10.2. The molecule has 0 spiro atoms. The second kappa shape index (κ2) is 7.61. The number of rotatable bonds is 5. The van der Waals surface area contributed by atoms with Crippen LogP contribution in [0.15, 0.2) is 21.5 Å². The summed E-state index contributed by atoms with van der Waals surface area (Å²) in [4.78, 5) is 36.9. The number of anilines is 1. The average Bonchev–Trinajstić information content (AvgIpc) is 3.44. The number of fused-ring (bicyclic) bond motifs is 3. The van der Waals surface area contributed by atoms with Gasteiger partial charge in [-0.3, -0.25) is 14.2 Å². The normalized spacial score (nSPS) is 16.7. The Hall–Kier alpha value is -1.71. The quantitative estimate of drug-likeness (QED) is 0.482. The summed E-state index contributed by atoms with van der Waals surface area (Å²) in [5.74, 6) is 0.0935. The van der Waals surface area contributed by atoms with Crippen LogP contribution in [0.2, 0.25) is 0 Å². The van der Waals surface area contributed by atoms with Crippen LogP contribution >= 0.6 is 34.4 Å². The molecular weight excluding hydrogens is 412 g/mol. The highest BCUT2D eigenvalue weighted by atomic mass is 32.2. The van der Waals surface area contributed by atoms with Gasteiger partial charge in [0.05, 0.1) is 11.1 Å². The topological polar surface area (TPSA) is 76.9 Å². The van der Waals surface area contributed by atoms with Crippen molar-refractivity contribution in [1.29, 1.82) is 0 Å². The minimum absolute atomic E-state index is 0.0964. The number of thiazole rings is 1. The van der Waals surface area contributed by atoms with E-state index in [0.29, 0.717) is 10.3 Å². The summed E-state index contributed by atoms with van der Waals surface area (Å²) in [6, 6.07) is 0.200. The molecule has 0 unspecified atom stereocenters. The van der Waals surface area contributed by atoms with E-state index in [0.717, 1.165) is 55.2 Å². The molecule has 28 heavy (non-hydrogen) atoms. The van der Waals surface area contributed by atoms with Crippen molar-refractivity contribution in [3.8, 4) is 0 Å². The SMILES string of the molecule is O=C(CSc1nc2sc3c(c2c(=O)n1C1CCCC1)CCC3)Nc1nccs1. The molecule has 3 aromatic heterocycles. The zero-order valence-electron chi connectivity index (χ0n) is 15.3. The summed E-state index contributed by atoms with van der Waals surface area (Å²) >= 11 is 4.41. The highest BCUT2D eigenvalue weighted by Crippen LogP contribution is 2.38. The molecule has 6 nitrogen and oxygen atoms in total. The third kappa shape index (κ3) is 3.29. The van der Waals surface area contributed by atoms with Crippen LogP contribution in [-0.2, 0) is 17.6 Å². The molecule has 0 aromatic carbocycles. The molecule has 2 aliphatic rings. The van der Waals surface area contributed by atoms with E-state index >= 15 is 0 Å². The molecule has 2 aliphatic carbocycles. The zero-order valence-corrected chi connectivity index (χ0v) is 17.7. The maximum Gasteiger partial charge on any atom is 0.263 e. The third-order valence-corrected chi connectivity index (χ3v) is 8.27. The molecule has 146 valence electrons. The largest absolute Gasteiger partial charge is 0.301 e. The molecule has 0 atom stereocenters. The number of hydrogen-bond acceptors (Lipinski definition) is 7. The number of hydrogen-bond donors (Lipinski definition) is 1. The van der Waals surface area contributed by atoms with E-state index in [4.69, 9.17) is 4.98 Å². The van der Waals surface area contributed by atoms with Crippen molar-refractivity contribution in [3.05, 3.63) is 32.4 Å². The molecule has 1 saturated carbocycles. The second-order valence-corrected chi connectivity index (χ2v) is 10.1. The molecule has 0 aliphatic heterocycles. The van der Waals surface area contributed by atoms with Gasteiger partial charge in [0.1, 0.15) is 4.83 Å². The molecule has 1 fully saturated rings. The van der Waals surface area contributed by atoms with E-state index in [-0.39, 0.29) is 23.3 Å². The molecule has 5 rings (SSSR count). The first-order valence-corrected chi connectivity index (χ1v) is 12.3. The van der Waals surface area contributed by atoms with Gasteiger partial charge in [-0.05, 0) is 37.7 Å². The molecule has 1 N–H and O–H groups in total. The number of carbonyl (C=O) groups excluding carboxylic acids is 1. The lowest BCUT2D eigenvalue weighted by Gasteiger charge is -2.18. The van der Waals surface area contributed by atoms with Crippen molar-refractivity contribution in [2.45, 2.75) is 56.1 Å². The predicted molar refractivity (Wildman–Crippen MR) is 115 cm³/mol. The highest BCUT2D eigenvalue weighted by Gasteiger charge is 2.27. The Morgan fingerprint density at radius 3 is 2.93 bits per heavy atom. The lowest BCUT2D eigenvalue weighted by molar-refractivity contribution is -0.113. The van der Waals surface area contributed by atoms with Crippen LogP contribution in [0.4, 0.5) is 5.13 Å². The zero-order chi connectivity index (χ0) is 19.1. The number of aryl methyl sites for hydroxylation is 2. The Kier molecular flexibility index (Phi) is 4.98. The Bertz CT molecular complexity index is 1080. The van der Waals surface area contributed by atoms with E-state index in [1.54, 1.807) is 17.5 Å². The average molecular weight is 433 g/mol. The van der Waals surface area contributed by atoms with Crippen LogP contribution in [0, 0.1) is 0 Å². The number of aromatic nitrogens is 3. The molecule has 9 heteroatoms. The standard InChI is InChI=1S/C19H20N4O2S3/c24-14(21-18-20-8-9-26-18)10-27-19-22-16-15(12-6-3-7-13(12)28-16)17(25)23(19)11-4-1-2-5-11/h8-9,11H,1-7,10H2,(H,20,21,24). The maximum absolute atomic E-state index is 13.5. The van der Waals surface area contributed by atoms with Crippen LogP contribution in [0.1, 0.15) is 48.6 Å². The van der Waals surface area contributed by atoms with Crippen LogP contribution in [-0.4, -0.2) is 26.2 Å². The Balaban J connectivity index is 1.49. The van der Waals surface area contributed by atoms with Crippen molar-refractivity contribution in [1.82, 2.24) is 14.5 Å². The first kappa shape index (κ1) is 18.3. The van der Waals surface area contributed by atoms with Crippen LogP contribution in [0.5, 0.6) is 0 Å². The predicted octanol–water partition coefficient (Wildman–Crippen LogP) is 4.25.